The van der Waals surface area contributed by atoms with Gasteiger partial charge in [0.2, 0.25) is 10.0 Å². The van der Waals surface area contributed by atoms with Crippen molar-refractivity contribution < 1.29 is 8.42 Å². The van der Waals surface area contributed by atoms with E-state index in [1.54, 1.807) is 39.0 Å². The SMILES string of the molecule is CCS(=O)(=O)N1CCCCC(CC#N)(N2C=CC(c3cc(-c4cnn(C)c4)nn4ccnc34)=C(N)C2)C1. The summed E-state index contributed by atoms with van der Waals surface area (Å²) in [5.74, 6) is 0.0410. The van der Waals surface area contributed by atoms with Crippen molar-refractivity contribution in [2.24, 2.45) is 12.8 Å². The fraction of sp³-hybridized carbons (Fsp3) is 0.440. The molecule has 2 N–H and O–H groups in total. The maximum absolute atomic E-state index is 12.8. The van der Waals surface area contributed by atoms with Gasteiger partial charge in [0.25, 0.3) is 0 Å². The first-order valence-electron chi connectivity index (χ1n) is 12.4. The number of rotatable bonds is 6. The Balaban J connectivity index is 1.52. The number of imidazole rings is 1. The van der Waals surface area contributed by atoms with Crippen molar-refractivity contribution in [1.82, 2.24) is 33.6 Å². The molecule has 1 unspecified atom stereocenters. The van der Waals surface area contributed by atoms with Crippen LogP contribution in [-0.2, 0) is 17.1 Å². The van der Waals surface area contributed by atoms with Gasteiger partial charge in [-0.05, 0) is 38.3 Å². The Kier molecular flexibility index (Phi) is 6.51. The number of nitriles is 1. The smallest absolute Gasteiger partial charge is 0.213 e. The predicted octanol–water partition coefficient (Wildman–Crippen LogP) is 2.12. The summed E-state index contributed by atoms with van der Waals surface area (Å²) in [7, 11) is -1.52. The molecular weight excluding hydrogens is 490 g/mol. The zero-order valence-electron chi connectivity index (χ0n) is 21.1. The van der Waals surface area contributed by atoms with E-state index in [1.165, 1.54) is 0 Å². The number of hydrogen-bond acceptors (Lipinski definition) is 8. The van der Waals surface area contributed by atoms with Crippen molar-refractivity contribution in [3.05, 3.63) is 54.4 Å². The van der Waals surface area contributed by atoms with Crippen LogP contribution in [0.1, 0.15) is 38.2 Å². The van der Waals surface area contributed by atoms with Crippen molar-refractivity contribution in [1.29, 1.82) is 5.26 Å². The van der Waals surface area contributed by atoms with Crippen LogP contribution in [0.2, 0.25) is 0 Å². The Hall–Kier alpha value is -3.69. The second-order valence-corrected chi connectivity index (χ2v) is 11.9. The fourth-order valence-electron chi connectivity index (χ4n) is 5.27. The highest BCUT2D eigenvalue weighted by Gasteiger charge is 2.42. The van der Waals surface area contributed by atoms with Gasteiger partial charge in [-0.1, -0.05) is 0 Å². The lowest BCUT2D eigenvalue weighted by atomic mass is 9.87. The molecule has 1 atom stereocenters. The van der Waals surface area contributed by atoms with Crippen LogP contribution in [0.3, 0.4) is 0 Å². The first-order valence-corrected chi connectivity index (χ1v) is 14.0. The number of aromatic nitrogens is 5. The monoisotopic (exact) mass is 521 g/mol. The van der Waals surface area contributed by atoms with E-state index in [0.717, 1.165) is 35.2 Å². The average Bonchev–Trinajstić information content (AvgIpc) is 3.48. The van der Waals surface area contributed by atoms with Crippen LogP contribution in [0.25, 0.3) is 22.5 Å². The Morgan fingerprint density at radius 2 is 2.14 bits per heavy atom. The molecule has 0 bridgehead atoms. The van der Waals surface area contributed by atoms with Gasteiger partial charge in [-0.2, -0.15) is 19.8 Å². The summed E-state index contributed by atoms with van der Waals surface area (Å²) >= 11 is 0. The zero-order chi connectivity index (χ0) is 26.2. The molecule has 0 spiro atoms. The summed E-state index contributed by atoms with van der Waals surface area (Å²) < 4.78 is 30.6. The number of allylic oxidation sites excluding steroid dienone is 2. The second-order valence-electron chi connectivity index (χ2n) is 9.67. The van der Waals surface area contributed by atoms with E-state index in [4.69, 9.17) is 5.73 Å². The van der Waals surface area contributed by atoms with Gasteiger partial charge in [-0.3, -0.25) is 4.68 Å². The Bertz CT molecular complexity index is 1530. The minimum atomic E-state index is -3.38. The summed E-state index contributed by atoms with van der Waals surface area (Å²) in [5.41, 5.74) is 10.7. The Morgan fingerprint density at radius 3 is 2.84 bits per heavy atom. The molecular formula is C25H31N9O2S. The lowest BCUT2D eigenvalue weighted by Gasteiger charge is -2.45. The van der Waals surface area contributed by atoms with Crippen LogP contribution in [0.5, 0.6) is 0 Å². The molecule has 11 nitrogen and oxygen atoms in total. The van der Waals surface area contributed by atoms with Gasteiger partial charge >= 0.3 is 0 Å². The Morgan fingerprint density at radius 1 is 1.30 bits per heavy atom. The molecule has 0 amide bonds. The van der Waals surface area contributed by atoms with Gasteiger partial charge in [0.1, 0.15) is 0 Å². The van der Waals surface area contributed by atoms with Crippen LogP contribution in [0, 0.1) is 11.3 Å². The molecule has 12 heteroatoms. The second kappa shape index (κ2) is 9.64. The molecule has 0 saturated carbocycles. The summed E-state index contributed by atoms with van der Waals surface area (Å²) in [6.45, 7) is 2.79. The molecule has 0 aliphatic carbocycles. The zero-order valence-corrected chi connectivity index (χ0v) is 21.9. The molecule has 3 aromatic heterocycles. The molecule has 2 aliphatic heterocycles. The highest BCUT2D eigenvalue weighted by atomic mass is 32.2. The fourth-order valence-corrected chi connectivity index (χ4v) is 6.48. The topological polar surface area (TPSA) is 138 Å². The van der Waals surface area contributed by atoms with E-state index in [9.17, 15) is 13.7 Å². The van der Waals surface area contributed by atoms with Gasteiger partial charge in [0.15, 0.2) is 5.65 Å². The summed E-state index contributed by atoms with van der Waals surface area (Å²) in [6, 6.07) is 4.28. The highest BCUT2D eigenvalue weighted by Crippen LogP contribution is 2.36. The van der Waals surface area contributed by atoms with Crippen LogP contribution >= 0.6 is 0 Å². The van der Waals surface area contributed by atoms with Gasteiger partial charge in [-0.25, -0.2) is 17.9 Å². The maximum Gasteiger partial charge on any atom is 0.213 e. The van der Waals surface area contributed by atoms with Crippen molar-refractivity contribution in [2.45, 2.75) is 38.1 Å². The molecule has 3 aromatic rings. The molecule has 37 heavy (non-hydrogen) atoms. The van der Waals surface area contributed by atoms with E-state index in [2.05, 4.69) is 26.2 Å². The molecule has 5 rings (SSSR count). The van der Waals surface area contributed by atoms with Crippen molar-refractivity contribution in [3.8, 4) is 17.3 Å². The lowest BCUT2D eigenvalue weighted by molar-refractivity contribution is 0.128. The number of sulfonamides is 1. The van der Waals surface area contributed by atoms with Crippen LogP contribution < -0.4 is 5.73 Å². The minimum absolute atomic E-state index is 0.0410. The molecule has 1 fully saturated rings. The van der Waals surface area contributed by atoms with Crippen LogP contribution in [0.15, 0.2) is 48.8 Å². The van der Waals surface area contributed by atoms with Crippen molar-refractivity contribution in [3.63, 3.8) is 0 Å². The van der Waals surface area contributed by atoms with E-state index < -0.39 is 15.6 Å². The minimum Gasteiger partial charge on any atom is -0.400 e. The number of fused-ring (bicyclic) bond motifs is 1. The summed E-state index contributed by atoms with van der Waals surface area (Å²) in [4.78, 5) is 6.57. The van der Waals surface area contributed by atoms with E-state index in [0.29, 0.717) is 30.9 Å². The van der Waals surface area contributed by atoms with Crippen LogP contribution in [0.4, 0.5) is 0 Å². The van der Waals surface area contributed by atoms with Gasteiger partial charge < -0.3 is 10.6 Å². The van der Waals surface area contributed by atoms with Crippen molar-refractivity contribution >= 4 is 21.2 Å². The highest BCUT2D eigenvalue weighted by molar-refractivity contribution is 7.89. The van der Waals surface area contributed by atoms with Gasteiger partial charge in [0, 0.05) is 67.3 Å². The third-order valence-electron chi connectivity index (χ3n) is 7.30. The number of nitrogens with two attached hydrogens (primary N) is 1. The molecule has 5 heterocycles. The van der Waals surface area contributed by atoms with Gasteiger partial charge in [0.05, 0.1) is 42.2 Å². The number of hydrogen-bond donors (Lipinski definition) is 1. The lowest BCUT2D eigenvalue weighted by Crippen LogP contribution is -2.55. The third kappa shape index (κ3) is 4.60. The summed E-state index contributed by atoms with van der Waals surface area (Å²) in [5, 5.41) is 18.7. The predicted molar refractivity (Wildman–Crippen MR) is 140 cm³/mol. The first-order chi connectivity index (χ1) is 17.8. The van der Waals surface area contributed by atoms with E-state index >= 15 is 0 Å². The molecule has 0 radical (unpaired) electrons. The average molecular weight is 522 g/mol. The normalized spacial score (nSPS) is 21.4. The largest absolute Gasteiger partial charge is 0.400 e. The van der Waals surface area contributed by atoms with E-state index in [-0.39, 0.29) is 18.7 Å². The first kappa shape index (κ1) is 25.0. The molecule has 194 valence electrons. The summed E-state index contributed by atoms with van der Waals surface area (Å²) in [6.07, 6.45) is 13.6. The maximum atomic E-state index is 12.8. The molecule has 1 saturated heterocycles. The van der Waals surface area contributed by atoms with Gasteiger partial charge in [-0.15, -0.1) is 0 Å². The third-order valence-corrected chi connectivity index (χ3v) is 9.13. The molecule has 2 aliphatic rings. The van der Waals surface area contributed by atoms with E-state index in [1.807, 2.05) is 31.6 Å². The number of aryl methyl sites for hydroxylation is 1. The number of nitrogens with zero attached hydrogens (tertiary/aromatic N) is 8. The van der Waals surface area contributed by atoms with Crippen LogP contribution in [-0.4, -0.2) is 72.9 Å². The quantitative estimate of drug-likeness (QED) is 0.520. The standard InChI is InChI=1S/C25H31N9O2S/c1-3-37(35,36)33-11-5-4-7-25(18-33,8-9-26)32-12-6-20(22(27)17-32)21-14-23(19-15-29-31(2)16-19)30-34-13-10-28-24(21)34/h6,10,12-16H,3-5,7-8,11,17-18,27H2,1-2H3. The van der Waals surface area contributed by atoms with Crippen molar-refractivity contribution in [2.75, 3.05) is 25.4 Å². The Labute approximate surface area is 216 Å². The molecule has 0 aromatic carbocycles.